The molecule has 7 heteroatoms. The Labute approximate surface area is 129 Å². The van der Waals surface area contributed by atoms with Crippen LogP contribution >= 0.6 is 15.9 Å². The van der Waals surface area contributed by atoms with Crippen LogP contribution in [0.15, 0.2) is 16.9 Å². The van der Waals surface area contributed by atoms with Crippen molar-refractivity contribution in [3.8, 4) is 5.75 Å². The molecule has 3 heterocycles. The van der Waals surface area contributed by atoms with Crippen LogP contribution in [0.25, 0.3) is 0 Å². The van der Waals surface area contributed by atoms with Gasteiger partial charge in [-0.3, -0.25) is 9.78 Å². The van der Waals surface area contributed by atoms with E-state index in [0.29, 0.717) is 18.7 Å². The number of halogens is 3. The van der Waals surface area contributed by atoms with Crippen LogP contribution in [0.2, 0.25) is 0 Å². The van der Waals surface area contributed by atoms with Gasteiger partial charge < -0.3 is 9.64 Å². The fourth-order valence-corrected chi connectivity index (χ4v) is 3.27. The third-order valence-corrected chi connectivity index (χ3v) is 4.71. The van der Waals surface area contributed by atoms with Gasteiger partial charge in [-0.1, -0.05) is 0 Å². The van der Waals surface area contributed by atoms with Gasteiger partial charge in [0.25, 0.3) is 6.43 Å². The van der Waals surface area contributed by atoms with Crippen LogP contribution in [-0.2, 0) is 4.79 Å². The minimum atomic E-state index is -2.70. The van der Waals surface area contributed by atoms with Crippen LogP contribution < -0.4 is 4.74 Å². The number of aromatic nitrogens is 1. The molecule has 1 fully saturated rings. The van der Waals surface area contributed by atoms with E-state index < -0.39 is 17.7 Å². The van der Waals surface area contributed by atoms with Crippen LogP contribution in [0.4, 0.5) is 8.78 Å². The molecule has 2 atom stereocenters. The molecule has 1 saturated heterocycles. The summed E-state index contributed by atoms with van der Waals surface area (Å²) in [6, 6.07) is -0.241. The Morgan fingerprint density at radius 2 is 2.24 bits per heavy atom. The second-order valence-corrected chi connectivity index (χ2v) is 6.87. The molecule has 2 aliphatic rings. The summed E-state index contributed by atoms with van der Waals surface area (Å²) >= 11 is 3.37. The molecule has 0 saturated carbocycles. The molecule has 1 aromatic rings. The molecule has 1 amide bonds. The maximum atomic E-state index is 13.1. The van der Waals surface area contributed by atoms with Gasteiger partial charge in [0.15, 0.2) is 0 Å². The normalized spacial score (nSPS) is 24.0. The Balaban J connectivity index is 1.96. The number of pyridine rings is 1. The average molecular weight is 361 g/mol. The first kappa shape index (κ1) is 14.7. The van der Waals surface area contributed by atoms with E-state index in [-0.39, 0.29) is 12.1 Å². The van der Waals surface area contributed by atoms with Crippen molar-refractivity contribution in [3.05, 3.63) is 22.4 Å². The number of likely N-dealkylation sites (tertiary alicyclic amines) is 1. The fourth-order valence-electron chi connectivity index (χ4n) is 2.83. The maximum Gasteiger partial charge on any atom is 0.252 e. The summed E-state index contributed by atoms with van der Waals surface area (Å²) in [4.78, 5) is 18.1. The zero-order valence-electron chi connectivity index (χ0n) is 11.6. The van der Waals surface area contributed by atoms with Gasteiger partial charge >= 0.3 is 0 Å². The highest BCUT2D eigenvalue weighted by atomic mass is 79.9. The second-order valence-electron chi connectivity index (χ2n) is 6.01. The molecular weight excluding hydrogens is 346 g/mol. The van der Waals surface area contributed by atoms with E-state index in [9.17, 15) is 13.6 Å². The summed E-state index contributed by atoms with van der Waals surface area (Å²) in [6.45, 7) is 2.90. The Morgan fingerprint density at radius 3 is 2.90 bits per heavy atom. The van der Waals surface area contributed by atoms with E-state index in [4.69, 9.17) is 4.74 Å². The minimum Gasteiger partial charge on any atom is -0.487 e. The number of hydrogen-bond acceptors (Lipinski definition) is 3. The zero-order valence-corrected chi connectivity index (χ0v) is 13.2. The van der Waals surface area contributed by atoms with E-state index in [2.05, 4.69) is 20.9 Å². The topological polar surface area (TPSA) is 42.4 Å². The Hall–Kier alpha value is -1.24. The molecule has 0 unspecified atom stereocenters. The molecule has 3 rings (SSSR count). The number of carbonyl (C=O) groups excluding carboxylic acids is 1. The number of nitrogens with zero attached hydrogens (tertiary/aromatic N) is 2. The van der Waals surface area contributed by atoms with Crippen LogP contribution in [-0.4, -0.2) is 34.9 Å². The summed E-state index contributed by atoms with van der Waals surface area (Å²) in [5.41, 5.74) is -0.923. The van der Waals surface area contributed by atoms with Gasteiger partial charge in [0, 0.05) is 24.4 Å². The highest BCUT2D eigenvalue weighted by Gasteiger charge is 2.49. The molecule has 0 aliphatic carbocycles. The Morgan fingerprint density at radius 1 is 1.52 bits per heavy atom. The standard InChI is InChI=1S/C14H15BrF2N2O2/c1-14(2,12(16)17)13(20)19-6-7-3-10(19)8-4-18-5-9(15)11(8)21-7/h4-5,7,10,12H,3,6H2,1-2H3/t7-,10-/m0/s1. The van der Waals surface area contributed by atoms with Gasteiger partial charge in [0.1, 0.15) is 17.3 Å². The Kier molecular flexibility index (Phi) is 3.43. The number of amides is 1. The molecule has 2 aliphatic heterocycles. The largest absolute Gasteiger partial charge is 0.487 e. The molecule has 4 nitrogen and oxygen atoms in total. The van der Waals surface area contributed by atoms with Gasteiger partial charge in [0.2, 0.25) is 5.91 Å². The predicted molar refractivity (Wildman–Crippen MR) is 75.2 cm³/mol. The summed E-state index contributed by atoms with van der Waals surface area (Å²) in [5.74, 6) is 0.123. The predicted octanol–water partition coefficient (Wildman–Crippen LogP) is 3.17. The summed E-state index contributed by atoms with van der Waals surface area (Å²) < 4.78 is 32.8. The molecule has 21 heavy (non-hydrogen) atoms. The average Bonchev–Trinajstić information content (AvgIpc) is 2.77. The quantitative estimate of drug-likeness (QED) is 0.813. The molecular formula is C14H15BrF2N2O2. The van der Waals surface area contributed by atoms with Crippen molar-refractivity contribution in [2.75, 3.05) is 6.54 Å². The van der Waals surface area contributed by atoms with Crippen molar-refractivity contribution >= 4 is 21.8 Å². The van der Waals surface area contributed by atoms with E-state index in [0.717, 1.165) is 10.0 Å². The van der Waals surface area contributed by atoms with Gasteiger partial charge in [-0.25, -0.2) is 8.78 Å². The van der Waals surface area contributed by atoms with E-state index in [1.54, 1.807) is 12.4 Å². The number of ether oxygens (including phenoxy) is 1. The van der Waals surface area contributed by atoms with E-state index >= 15 is 0 Å². The molecule has 1 aromatic heterocycles. The molecule has 2 bridgehead atoms. The lowest BCUT2D eigenvalue weighted by molar-refractivity contribution is -0.149. The highest BCUT2D eigenvalue weighted by Crippen LogP contribution is 2.47. The molecule has 0 radical (unpaired) electrons. The number of rotatable bonds is 2. The van der Waals surface area contributed by atoms with Crippen LogP contribution in [0.3, 0.4) is 0 Å². The number of fused-ring (bicyclic) bond motifs is 4. The number of hydrogen-bond donors (Lipinski definition) is 0. The fraction of sp³-hybridized carbons (Fsp3) is 0.571. The number of alkyl halides is 2. The molecule has 0 N–H and O–H groups in total. The lowest BCUT2D eigenvalue weighted by Crippen LogP contribution is -2.44. The van der Waals surface area contributed by atoms with Crippen molar-refractivity contribution < 1.29 is 18.3 Å². The smallest absolute Gasteiger partial charge is 0.252 e. The monoisotopic (exact) mass is 360 g/mol. The first-order valence-electron chi connectivity index (χ1n) is 6.71. The lowest BCUT2D eigenvalue weighted by atomic mass is 9.91. The molecule has 114 valence electrons. The summed E-state index contributed by atoms with van der Waals surface area (Å²) in [5, 5.41) is 0. The summed E-state index contributed by atoms with van der Waals surface area (Å²) in [7, 11) is 0. The number of carbonyl (C=O) groups is 1. The van der Waals surface area contributed by atoms with E-state index in [1.165, 1.54) is 18.7 Å². The molecule has 0 aromatic carbocycles. The van der Waals surface area contributed by atoms with Gasteiger partial charge in [-0.2, -0.15) is 0 Å². The maximum absolute atomic E-state index is 13.1. The van der Waals surface area contributed by atoms with Gasteiger partial charge in [0.05, 0.1) is 17.1 Å². The first-order valence-corrected chi connectivity index (χ1v) is 7.51. The Bertz CT molecular complexity index is 594. The van der Waals surface area contributed by atoms with Crippen molar-refractivity contribution in [2.45, 2.75) is 38.8 Å². The van der Waals surface area contributed by atoms with Crippen molar-refractivity contribution in [2.24, 2.45) is 5.41 Å². The van der Waals surface area contributed by atoms with Crippen LogP contribution in [0.5, 0.6) is 5.75 Å². The van der Waals surface area contributed by atoms with Gasteiger partial charge in [-0.15, -0.1) is 0 Å². The minimum absolute atomic E-state index is 0.154. The lowest BCUT2D eigenvalue weighted by Gasteiger charge is -2.32. The van der Waals surface area contributed by atoms with Crippen molar-refractivity contribution in [1.29, 1.82) is 0 Å². The third kappa shape index (κ3) is 2.22. The second kappa shape index (κ2) is 4.90. The first-order chi connectivity index (χ1) is 9.82. The van der Waals surface area contributed by atoms with Crippen molar-refractivity contribution in [1.82, 2.24) is 9.88 Å². The van der Waals surface area contributed by atoms with Crippen LogP contribution in [0, 0.1) is 5.41 Å². The van der Waals surface area contributed by atoms with E-state index in [1.807, 2.05) is 0 Å². The van der Waals surface area contributed by atoms with Crippen LogP contribution in [0.1, 0.15) is 31.9 Å². The zero-order chi connectivity index (χ0) is 15.4. The third-order valence-electron chi connectivity index (χ3n) is 4.14. The van der Waals surface area contributed by atoms with Gasteiger partial charge in [-0.05, 0) is 29.8 Å². The van der Waals surface area contributed by atoms with Crippen molar-refractivity contribution in [3.63, 3.8) is 0 Å². The molecule has 0 spiro atoms. The highest BCUT2D eigenvalue weighted by molar-refractivity contribution is 9.10. The summed E-state index contributed by atoms with van der Waals surface area (Å²) in [6.07, 6.45) is 1.03. The SMILES string of the molecule is CC(C)(C(=O)N1C[C@@H]2C[C@H]1c1cncc(Br)c1O2)C(F)F.